The third kappa shape index (κ3) is 3.48. The molecular formula is C17H17NO2. The molecule has 0 saturated heterocycles. The first kappa shape index (κ1) is 13.9. The lowest BCUT2D eigenvalue weighted by Gasteiger charge is -2.13. The van der Waals surface area contributed by atoms with E-state index in [9.17, 15) is 4.79 Å². The quantitative estimate of drug-likeness (QED) is 0.807. The van der Waals surface area contributed by atoms with Crippen molar-refractivity contribution in [2.45, 2.75) is 13.5 Å². The number of rotatable bonds is 6. The average molecular weight is 267 g/mol. The Hall–Kier alpha value is -2.55. The first-order valence-electron chi connectivity index (χ1n) is 6.47. The molecule has 3 nitrogen and oxygen atoms in total. The molecule has 1 amide bonds. The Kier molecular flexibility index (Phi) is 4.95. The summed E-state index contributed by atoms with van der Waals surface area (Å²) in [5, 5.41) is 2.71. The first-order chi connectivity index (χ1) is 9.85. The molecule has 3 heteroatoms. The molecule has 2 rings (SSSR count). The maximum atomic E-state index is 10.8. The van der Waals surface area contributed by atoms with E-state index in [0.717, 1.165) is 11.1 Å². The fourth-order valence-corrected chi connectivity index (χ4v) is 1.94. The van der Waals surface area contributed by atoms with Crippen LogP contribution in [0.2, 0.25) is 0 Å². The zero-order valence-electron chi connectivity index (χ0n) is 11.4. The molecule has 2 aromatic carbocycles. The summed E-state index contributed by atoms with van der Waals surface area (Å²) in [6.45, 7) is 2.40. The predicted octanol–water partition coefficient (Wildman–Crippen LogP) is 3.87. The Morgan fingerprint density at radius 2 is 1.90 bits per heavy atom. The van der Waals surface area contributed by atoms with Gasteiger partial charge in [-0.15, -0.1) is 0 Å². The van der Waals surface area contributed by atoms with E-state index in [0.29, 0.717) is 24.5 Å². The number of benzene rings is 2. The number of carbonyl (C=O) groups is 1. The highest BCUT2D eigenvalue weighted by Crippen LogP contribution is 2.29. The zero-order chi connectivity index (χ0) is 14.2. The lowest BCUT2D eigenvalue weighted by Crippen LogP contribution is -2.02. The van der Waals surface area contributed by atoms with Crippen molar-refractivity contribution < 1.29 is 9.53 Å². The summed E-state index contributed by atoms with van der Waals surface area (Å²) < 4.78 is 5.81. The lowest BCUT2D eigenvalue weighted by molar-refractivity contribution is -0.105. The van der Waals surface area contributed by atoms with Crippen LogP contribution in [0.1, 0.15) is 18.1 Å². The maximum absolute atomic E-state index is 10.8. The van der Waals surface area contributed by atoms with Gasteiger partial charge in [-0.2, -0.15) is 0 Å². The molecule has 0 heterocycles. The van der Waals surface area contributed by atoms with E-state index in [1.165, 1.54) is 0 Å². The maximum Gasteiger partial charge on any atom is 0.211 e. The molecular weight excluding hydrogens is 250 g/mol. The molecule has 0 unspecified atom stereocenters. The Morgan fingerprint density at radius 1 is 1.10 bits per heavy atom. The van der Waals surface area contributed by atoms with Gasteiger partial charge in [-0.05, 0) is 18.6 Å². The highest BCUT2D eigenvalue weighted by Gasteiger charge is 2.07. The van der Waals surface area contributed by atoms with E-state index < -0.39 is 0 Å². The van der Waals surface area contributed by atoms with Gasteiger partial charge in [0.2, 0.25) is 6.41 Å². The smallest absolute Gasteiger partial charge is 0.211 e. The van der Waals surface area contributed by atoms with E-state index >= 15 is 0 Å². The summed E-state index contributed by atoms with van der Waals surface area (Å²) in [4.78, 5) is 10.8. The topological polar surface area (TPSA) is 38.3 Å². The standard InChI is InChI=1S/C17H17NO2/c1-2-7-15-10-6-11-16(17(15)18-13-19)20-12-14-8-4-3-5-9-14/h2-11,13H,12H2,1H3,(H,18,19)/b7-2-. The highest BCUT2D eigenvalue weighted by molar-refractivity contribution is 5.82. The van der Waals surface area contributed by atoms with E-state index in [-0.39, 0.29) is 0 Å². The highest BCUT2D eigenvalue weighted by atomic mass is 16.5. The van der Waals surface area contributed by atoms with Crippen LogP contribution in [0, 0.1) is 0 Å². The second kappa shape index (κ2) is 7.14. The van der Waals surface area contributed by atoms with Crippen LogP contribution in [-0.4, -0.2) is 6.41 Å². The average Bonchev–Trinajstić information content (AvgIpc) is 2.49. The molecule has 0 aromatic heterocycles. The number of hydrogen-bond acceptors (Lipinski definition) is 2. The molecule has 0 bridgehead atoms. The van der Waals surface area contributed by atoms with Crippen LogP contribution in [-0.2, 0) is 11.4 Å². The van der Waals surface area contributed by atoms with Crippen molar-refractivity contribution in [3.8, 4) is 5.75 Å². The van der Waals surface area contributed by atoms with Gasteiger partial charge < -0.3 is 10.1 Å². The third-order valence-corrected chi connectivity index (χ3v) is 2.85. The van der Waals surface area contributed by atoms with Gasteiger partial charge >= 0.3 is 0 Å². The largest absolute Gasteiger partial charge is 0.487 e. The van der Waals surface area contributed by atoms with Crippen LogP contribution in [0.3, 0.4) is 0 Å². The molecule has 0 aliphatic rings. The lowest BCUT2D eigenvalue weighted by atomic mass is 10.1. The molecule has 0 radical (unpaired) electrons. The fourth-order valence-electron chi connectivity index (χ4n) is 1.94. The molecule has 102 valence electrons. The number of para-hydroxylation sites is 1. The van der Waals surface area contributed by atoms with Crippen LogP contribution in [0.5, 0.6) is 5.75 Å². The van der Waals surface area contributed by atoms with Crippen molar-refractivity contribution in [3.63, 3.8) is 0 Å². The van der Waals surface area contributed by atoms with Gasteiger partial charge in [0, 0.05) is 5.56 Å². The van der Waals surface area contributed by atoms with Crippen LogP contribution in [0.4, 0.5) is 5.69 Å². The van der Waals surface area contributed by atoms with E-state index in [1.807, 2.05) is 67.6 Å². The fraction of sp³-hybridized carbons (Fsp3) is 0.118. The Bertz CT molecular complexity index is 591. The van der Waals surface area contributed by atoms with Gasteiger partial charge in [0.15, 0.2) is 0 Å². The van der Waals surface area contributed by atoms with Crippen LogP contribution < -0.4 is 10.1 Å². The van der Waals surface area contributed by atoms with Crippen LogP contribution >= 0.6 is 0 Å². The van der Waals surface area contributed by atoms with Crippen LogP contribution in [0.15, 0.2) is 54.6 Å². The Morgan fingerprint density at radius 3 is 2.60 bits per heavy atom. The SMILES string of the molecule is C/C=C\c1cccc(OCc2ccccc2)c1NC=O. The number of allylic oxidation sites excluding steroid dienone is 1. The molecule has 0 atom stereocenters. The summed E-state index contributed by atoms with van der Waals surface area (Å²) in [6.07, 6.45) is 4.52. The number of amides is 1. The van der Waals surface area contributed by atoms with Gasteiger partial charge in [-0.25, -0.2) is 0 Å². The summed E-state index contributed by atoms with van der Waals surface area (Å²) in [5.74, 6) is 0.663. The van der Waals surface area contributed by atoms with Gasteiger partial charge in [-0.3, -0.25) is 4.79 Å². The van der Waals surface area contributed by atoms with E-state index in [4.69, 9.17) is 4.74 Å². The molecule has 0 aliphatic heterocycles. The van der Waals surface area contributed by atoms with E-state index in [1.54, 1.807) is 0 Å². The minimum atomic E-state index is 0.466. The van der Waals surface area contributed by atoms with Crippen LogP contribution in [0.25, 0.3) is 6.08 Å². The second-order valence-corrected chi connectivity index (χ2v) is 4.26. The Labute approximate surface area is 118 Å². The summed E-state index contributed by atoms with van der Waals surface area (Å²) >= 11 is 0. The zero-order valence-corrected chi connectivity index (χ0v) is 11.4. The molecule has 0 spiro atoms. The number of carbonyl (C=O) groups excluding carboxylic acids is 1. The Balaban J connectivity index is 2.22. The van der Waals surface area contributed by atoms with Crippen molar-refractivity contribution in [2.24, 2.45) is 0 Å². The molecule has 2 aromatic rings. The molecule has 20 heavy (non-hydrogen) atoms. The van der Waals surface area contributed by atoms with Gasteiger partial charge in [0.05, 0.1) is 5.69 Å². The van der Waals surface area contributed by atoms with Crippen molar-refractivity contribution >= 4 is 18.2 Å². The third-order valence-electron chi connectivity index (χ3n) is 2.85. The van der Waals surface area contributed by atoms with Gasteiger partial charge in [-0.1, -0.05) is 54.6 Å². The number of anilines is 1. The molecule has 0 fully saturated rings. The first-order valence-corrected chi connectivity index (χ1v) is 6.47. The minimum Gasteiger partial charge on any atom is -0.487 e. The minimum absolute atomic E-state index is 0.466. The summed E-state index contributed by atoms with van der Waals surface area (Å²) in [5.41, 5.74) is 2.70. The van der Waals surface area contributed by atoms with Gasteiger partial charge in [0.25, 0.3) is 0 Å². The van der Waals surface area contributed by atoms with Crippen molar-refractivity contribution in [2.75, 3.05) is 5.32 Å². The predicted molar refractivity (Wildman–Crippen MR) is 81.6 cm³/mol. The van der Waals surface area contributed by atoms with Gasteiger partial charge in [0.1, 0.15) is 12.4 Å². The normalized spacial score (nSPS) is 10.4. The van der Waals surface area contributed by atoms with Crippen molar-refractivity contribution in [1.29, 1.82) is 0 Å². The number of nitrogens with one attached hydrogen (secondary N) is 1. The molecule has 0 aliphatic carbocycles. The van der Waals surface area contributed by atoms with E-state index in [2.05, 4.69) is 5.32 Å². The summed E-state index contributed by atoms with van der Waals surface area (Å²) in [7, 11) is 0. The molecule has 0 saturated carbocycles. The molecule has 1 N–H and O–H groups in total. The van der Waals surface area contributed by atoms with Crippen molar-refractivity contribution in [1.82, 2.24) is 0 Å². The summed E-state index contributed by atoms with van der Waals surface area (Å²) in [6, 6.07) is 15.6. The number of hydrogen-bond donors (Lipinski definition) is 1. The van der Waals surface area contributed by atoms with Crippen molar-refractivity contribution in [3.05, 3.63) is 65.7 Å². The number of ether oxygens (including phenoxy) is 1. The monoisotopic (exact) mass is 267 g/mol. The second-order valence-electron chi connectivity index (χ2n) is 4.26.